The van der Waals surface area contributed by atoms with Crippen molar-refractivity contribution in [2.45, 2.75) is 31.8 Å². The van der Waals surface area contributed by atoms with E-state index in [-0.39, 0.29) is 18.4 Å². The predicted molar refractivity (Wildman–Crippen MR) is 112 cm³/mol. The zero-order valence-corrected chi connectivity index (χ0v) is 15.6. The summed E-state index contributed by atoms with van der Waals surface area (Å²) in [5.74, 6) is 0.0389. The average molecular weight is 379 g/mol. The van der Waals surface area contributed by atoms with E-state index in [1.54, 1.807) is 0 Å². The molecule has 1 saturated heterocycles. The molecule has 0 aliphatic carbocycles. The maximum atomic E-state index is 13.0. The van der Waals surface area contributed by atoms with E-state index in [2.05, 4.69) is 63.0 Å². The lowest BCUT2D eigenvalue weighted by molar-refractivity contribution is -0.0229. The largest absolute Gasteiger partial charge is 0.348 e. The molecule has 3 aliphatic rings. The van der Waals surface area contributed by atoms with Gasteiger partial charge in [-0.15, -0.1) is 0 Å². The second-order valence-electron chi connectivity index (χ2n) is 8.38. The molecule has 1 N–H and O–H groups in total. The van der Waals surface area contributed by atoms with Crippen LogP contribution >= 0.6 is 0 Å². The lowest BCUT2D eigenvalue weighted by Gasteiger charge is -2.15. The van der Waals surface area contributed by atoms with Gasteiger partial charge in [0, 0.05) is 28.1 Å². The molecule has 0 saturated carbocycles. The van der Waals surface area contributed by atoms with Gasteiger partial charge in [-0.2, -0.15) is 0 Å². The van der Waals surface area contributed by atoms with E-state index in [0.717, 1.165) is 45.8 Å². The van der Waals surface area contributed by atoms with Gasteiger partial charge >= 0.3 is 0 Å². The van der Waals surface area contributed by atoms with Gasteiger partial charge in [0.1, 0.15) is 12.5 Å². The molecule has 2 aromatic heterocycles. The molecule has 2 atom stereocenters. The zero-order chi connectivity index (χ0) is 18.9. The average Bonchev–Trinajstić information content (AvgIpc) is 3.47. The van der Waals surface area contributed by atoms with Crippen molar-refractivity contribution in [3.63, 3.8) is 0 Å². The van der Waals surface area contributed by atoms with Crippen LogP contribution in [0.3, 0.4) is 0 Å². The monoisotopic (exact) mass is 379 g/mol. The Kier molecular flexibility index (Phi) is 2.34. The van der Waals surface area contributed by atoms with Crippen LogP contribution in [0.15, 0.2) is 48.5 Å². The second kappa shape index (κ2) is 4.63. The normalized spacial score (nSPS) is 22.3. The number of carbonyl (C=O) groups is 1. The van der Waals surface area contributed by atoms with Crippen LogP contribution in [-0.2, 0) is 11.3 Å². The number of hydrogen-bond acceptors (Lipinski definition) is 2. The second-order valence-corrected chi connectivity index (χ2v) is 8.38. The third-order valence-corrected chi connectivity index (χ3v) is 7.10. The van der Waals surface area contributed by atoms with E-state index in [1.807, 2.05) is 0 Å². The molecule has 0 spiro atoms. The molecule has 1 amide bonds. The van der Waals surface area contributed by atoms with Gasteiger partial charge in [0.2, 0.25) is 0 Å². The van der Waals surface area contributed by atoms with Crippen LogP contribution < -0.4 is 5.32 Å². The molecule has 5 heteroatoms. The molecule has 3 aromatic carbocycles. The maximum Gasteiger partial charge on any atom is 0.252 e. The van der Waals surface area contributed by atoms with Gasteiger partial charge in [0.15, 0.2) is 0 Å². The van der Waals surface area contributed by atoms with Crippen molar-refractivity contribution in [3.05, 3.63) is 59.7 Å². The smallest absolute Gasteiger partial charge is 0.252 e. The summed E-state index contributed by atoms with van der Waals surface area (Å²) in [5, 5.41) is 7.75. The van der Waals surface area contributed by atoms with Crippen LogP contribution in [-0.4, -0.2) is 15.0 Å². The van der Waals surface area contributed by atoms with Gasteiger partial charge in [0.25, 0.3) is 5.91 Å². The first-order valence-corrected chi connectivity index (χ1v) is 10.3. The lowest BCUT2D eigenvalue weighted by Crippen LogP contribution is -2.12. The minimum absolute atomic E-state index is 0.00627. The molecule has 5 heterocycles. The number of carbonyl (C=O) groups excluding carboxylic acids is 1. The minimum atomic E-state index is 0.00627. The molecule has 0 unspecified atom stereocenters. The third kappa shape index (κ3) is 1.48. The van der Waals surface area contributed by atoms with Crippen LogP contribution in [0.1, 0.15) is 41.2 Å². The van der Waals surface area contributed by atoms with Crippen molar-refractivity contribution in [1.29, 1.82) is 0 Å². The van der Waals surface area contributed by atoms with Gasteiger partial charge < -0.3 is 19.2 Å². The van der Waals surface area contributed by atoms with Gasteiger partial charge in [-0.25, -0.2) is 0 Å². The molecule has 3 aliphatic heterocycles. The van der Waals surface area contributed by atoms with Crippen molar-refractivity contribution in [1.82, 2.24) is 14.5 Å². The number of nitrogens with one attached hydrogen (secondary N) is 1. The number of para-hydroxylation sites is 2. The first-order valence-electron chi connectivity index (χ1n) is 10.3. The summed E-state index contributed by atoms with van der Waals surface area (Å²) in [4.78, 5) is 13.0. The van der Waals surface area contributed by atoms with Gasteiger partial charge in [-0.3, -0.25) is 4.79 Å². The lowest BCUT2D eigenvalue weighted by atomic mass is 9.97. The summed E-state index contributed by atoms with van der Waals surface area (Å²) in [5.41, 5.74) is 6.71. The molecule has 8 rings (SSSR count). The summed E-state index contributed by atoms with van der Waals surface area (Å²) < 4.78 is 11.4. The fourth-order valence-electron chi connectivity index (χ4n) is 6.09. The minimum Gasteiger partial charge on any atom is -0.348 e. The van der Waals surface area contributed by atoms with Crippen LogP contribution in [0.5, 0.6) is 0 Å². The first kappa shape index (κ1) is 14.7. The highest BCUT2D eigenvalue weighted by Crippen LogP contribution is 2.52. The Morgan fingerprint density at radius 3 is 2.10 bits per heavy atom. The highest BCUT2D eigenvalue weighted by molar-refractivity contribution is 6.30. The number of rotatable bonds is 0. The highest BCUT2D eigenvalue weighted by Gasteiger charge is 2.39. The summed E-state index contributed by atoms with van der Waals surface area (Å²) in [6.07, 6.45) is 2.02. The number of fused-ring (bicyclic) bond motifs is 13. The number of hydrogen-bond donors (Lipinski definition) is 1. The van der Waals surface area contributed by atoms with E-state index < -0.39 is 0 Å². The van der Waals surface area contributed by atoms with Gasteiger partial charge in [0.05, 0.1) is 27.6 Å². The highest BCUT2D eigenvalue weighted by atomic mass is 16.5. The van der Waals surface area contributed by atoms with Crippen molar-refractivity contribution in [3.8, 4) is 0 Å². The Morgan fingerprint density at radius 2 is 1.41 bits per heavy atom. The van der Waals surface area contributed by atoms with Crippen LogP contribution in [0, 0.1) is 0 Å². The van der Waals surface area contributed by atoms with E-state index in [0.29, 0.717) is 6.54 Å². The van der Waals surface area contributed by atoms with Crippen LogP contribution in [0.4, 0.5) is 0 Å². The first-order chi connectivity index (χ1) is 14.3. The van der Waals surface area contributed by atoms with Crippen molar-refractivity contribution >= 4 is 49.5 Å². The summed E-state index contributed by atoms with van der Waals surface area (Å²) >= 11 is 0. The van der Waals surface area contributed by atoms with Gasteiger partial charge in [-0.1, -0.05) is 36.4 Å². The number of nitrogens with zero attached hydrogens (tertiary/aromatic N) is 2. The number of aromatic nitrogens is 2. The Bertz CT molecular complexity index is 1570. The van der Waals surface area contributed by atoms with Crippen LogP contribution in [0.25, 0.3) is 43.6 Å². The number of benzene rings is 3. The molecular weight excluding hydrogens is 362 g/mol. The van der Waals surface area contributed by atoms with Crippen LogP contribution in [0.2, 0.25) is 0 Å². The predicted octanol–water partition coefficient (Wildman–Crippen LogP) is 4.97. The van der Waals surface area contributed by atoms with E-state index >= 15 is 0 Å². The molecule has 1 fully saturated rings. The fraction of sp³-hybridized carbons (Fsp3) is 0.208. The topological polar surface area (TPSA) is 48.2 Å². The summed E-state index contributed by atoms with van der Waals surface area (Å²) in [6.45, 7) is 0.586. The van der Waals surface area contributed by atoms with E-state index in [9.17, 15) is 4.79 Å². The molecule has 5 nitrogen and oxygen atoms in total. The Morgan fingerprint density at radius 1 is 0.828 bits per heavy atom. The van der Waals surface area contributed by atoms with Crippen molar-refractivity contribution < 1.29 is 9.53 Å². The molecule has 2 bridgehead atoms. The van der Waals surface area contributed by atoms with E-state index in [4.69, 9.17) is 4.74 Å². The molecular formula is C24H17N3O2. The zero-order valence-electron chi connectivity index (χ0n) is 15.6. The van der Waals surface area contributed by atoms with Gasteiger partial charge in [-0.05, 0) is 30.5 Å². The summed E-state index contributed by atoms with van der Waals surface area (Å²) in [6, 6.07) is 17.0. The maximum absolute atomic E-state index is 13.0. The number of ether oxygens (including phenoxy) is 1. The molecule has 5 aromatic rings. The standard InChI is InChI=1S/C24H17N3O2/c28-24-21-14(11-25-24)19-12-5-1-3-7-15(12)26-17-9-10-18(29-17)27-16-8-4-2-6-13(16)20(21)23(27)22(19)26/h1-8,17-18H,9-11H2,(H,25,28)/t17-,18+/m1/s1. The third-order valence-electron chi connectivity index (χ3n) is 7.10. The SMILES string of the molecule is O=C1NCc2c1c1c3ccccc3n3c1c1c2c2ccccc2n1[C@H]1CC[C@@H]3O1. The van der Waals surface area contributed by atoms with Crippen molar-refractivity contribution in [2.75, 3.05) is 0 Å². The molecule has 29 heavy (non-hydrogen) atoms. The quantitative estimate of drug-likeness (QED) is 0.413. The van der Waals surface area contributed by atoms with E-state index in [1.165, 1.54) is 21.8 Å². The van der Waals surface area contributed by atoms with Crippen molar-refractivity contribution in [2.24, 2.45) is 0 Å². The Hall–Kier alpha value is -3.31. The fourth-order valence-corrected chi connectivity index (χ4v) is 6.09. The molecule has 0 radical (unpaired) electrons. The molecule has 140 valence electrons. The Balaban J connectivity index is 1.82. The summed E-state index contributed by atoms with van der Waals surface area (Å²) in [7, 11) is 0. The Labute approximate surface area is 165 Å². The number of amides is 1.